The third-order valence-electron chi connectivity index (χ3n) is 3.56. The van der Waals surface area contributed by atoms with Gasteiger partial charge in [-0.2, -0.15) is 0 Å². The summed E-state index contributed by atoms with van der Waals surface area (Å²) >= 11 is 3.31. The molecular weight excluding hydrogens is 378 g/mol. The van der Waals surface area contributed by atoms with Gasteiger partial charge in [0.1, 0.15) is 0 Å². The lowest BCUT2D eigenvalue weighted by molar-refractivity contribution is -0.135. The molecule has 0 heterocycles. The molecular formula is C17H26BrNO3S. The van der Waals surface area contributed by atoms with Gasteiger partial charge in [0.25, 0.3) is 0 Å². The molecule has 0 aliphatic heterocycles. The third kappa shape index (κ3) is 5.92. The van der Waals surface area contributed by atoms with E-state index in [1.807, 2.05) is 34.6 Å². The van der Waals surface area contributed by atoms with Gasteiger partial charge in [-0.15, -0.1) is 0 Å². The number of benzene rings is 1. The number of hydrogen-bond acceptors (Lipinski definition) is 3. The van der Waals surface area contributed by atoms with Crippen LogP contribution in [-0.2, 0) is 14.6 Å². The minimum atomic E-state index is -3.39. The Morgan fingerprint density at radius 2 is 1.74 bits per heavy atom. The van der Waals surface area contributed by atoms with Crippen LogP contribution < -0.4 is 0 Å². The van der Waals surface area contributed by atoms with Crippen molar-refractivity contribution in [2.75, 3.05) is 18.8 Å². The third-order valence-corrected chi connectivity index (χ3v) is 6.24. The molecule has 1 aromatic rings. The Kier molecular flexibility index (Phi) is 6.83. The summed E-state index contributed by atoms with van der Waals surface area (Å²) in [7, 11) is -3.39. The number of carbonyl (C=O) groups excluding carboxylic acids is 1. The SMILES string of the molecule is CCN(CC(C)(C)CS(=O)(=O)c1ccc(Br)cc1)C(=O)C(C)C. The summed E-state index contributed by atoms with van der Waals surface area (Å²) in [6.07, 6.45) is 0. The van der Waals surface area contributed by atoms with Crippen LogP contribution in [0.4, 0.5) is 0 Å². The summed E-state index contributed by atoms with van der Waals surface area (Å²) in [4.78, 5) is 14.2. The van der Waals surface area contributed by atoms with Crippen molar-refractivity contribution in [2.45, 2.75) is 39.5 Å². The lowest BCUT2D eigenvalue weighted by atomic mass is 9.95. The van der Waals surface area contributed by atoms with E-state index < -0.39 is 15.3 Å². The maximum atomic E-state index is 12.6. The number of hydrogen-bond donors (Lipinski definition) is 0. The average molecular weight is 404 g/mol. The maximum absolute atomic E-state index is 12.6. The molecule has 0 atom stereocenters. The van der Waals surface area contributed by atoms with Crippen molar-refractivity contribution in [3.63, 3.8) is 0 Å². The zero-order valence-corrected chi connectivity index (χ0v) is 16.9. The first-order chi connectivity index (χ1) is 10.5. The minimum absolute atomic E-state index is 0.00348. The molecule has 0 spiro atoms. The van der Waals surface area contributed by atoms with Gasteiger partial charge in [-0.3, -0.25) is 4.79 Å². The van der Waals surface area contributed by atoms with E-state index >= 15 is 0 Å². The van der Waals surface area contributed by atoms with E-state index in [1.54, 1.807) is 29.2 Å². The van der Waals surface area contributed by atoms with Crippen molar-refractivity contribution in [3.05, 3.63) is 28.7 Å². The predicted octanol–water partition coefficient (Wildman–Crippen LogP) is 3.75. The normalized spacial score (nSPS) is 12.5. The van der Waals surface area contributed by atoms with Gasteiger partial charge in [-0.25, -0.2) is 8.42 Å². The van der Waals surface area contributed by atoms with Gasteiger partial charge in [0.15, 0.2) is 9.84 Å². The van der Waals surface area contributed by atoms with Crippen molar-refractivity contribution >= 4 is 31.7 Å². The van der Waals surface area contributed by atoms with Crippen molar-refractivity contribution in [1.82, 2.24) is 4.90 Å². The van der Waals surface area contributed by atoms with Crippen LogP contribution in [0.5, 0.6) is 0 Å². The van der Waals surface area contributed by atoms with Crippen LogP contribution in [0.1, 0.15) is 34.6 Å². The molecule has 4 nitrogen and oxygen atoms in total. The van der Waals surface area contributed by atoms with Crippen molar-refractivity contribution < 1.29 is 13.2 Å². The van der Waals surface area contributed by atoms with Gasteiger partial charge in [-0.05, 0) is 36.6 Å². The maximum Gasteiger partial charge on any atom is 0.225 e. The summed E-state index contributed by atoms with van der Waals surface area (Å²) in [6, 6.07) is 6.65. The van der Waals surface area contributed by atoms with Crippen molar-refractivity contribution in [2.24, 2.45) is 11.3 Å². The quantitative estimate of drug-likeness (QED) is 0.696. The van der Waals surface area contributed by atoms with Gasteiger partial charge in [-0.1, -0.05) is 43.6 Å². The van der Waals surface area contributed by atoms with E-state index in [2.05, 4.69) is 15.9 Å². The van der Waals surface area contributed by atoms with E-state index in [4.69, 9.17) is 0 Å². The molecule has 0 unspecified atom stereocenters. The predicted molar refractivity (Wildman–Crippen MR) is 97.1 cm³/mol. The summed E-state index contributed by atoms with van der Waals surface area (Å²) in [5.41, 5.74) is -0.521. The highest BCUT2D eigenvalue weighted by molar-refractivity contribution is 9.10. The molecule has 23 heavy (non-hydrogen) atoms. The zero-order valence-electron chi connectivity index (χ0n) is 14.5. The summed E-state index contributed by atoms with van der Waals surface area (Å²) < 4.78 is 26.1. The summed E-state index contributed by atoms with van der Waals surface area (Å²) in [5, 5.41) is 0. The van der Waals surface area contributed by atoms with Crippen LogP contribution in [0.3, 0.4) is 0 Å². The average Bonchev–Trinajstić information content (AvgIpc) is 2.43. The van der Waals surface area contributed by atoms with E-state index in [9.17, 15) is 13.2 Å². The fourth-order valence-corrected chi connectivity index (χ4v) is 4.61. The van der Waals surface area contributed by atoms with Crippen LogP contribution in [0.15, 0.2) is 33.6 Å². The highest BCUT2D eigenvalue weighted by atomic mass is 79.9. The fourth-order valence-electron chi connectivity index (χ4n) is 2.51. The lowest BCUT2D eigenvalue weighted by Gasteiger charge is -2.33. The Hall–Kier alpha value is -0.880. The Balaban J connectivity index is 2.91. The molecule has 1 amide bonds. The highest BCUT2D eigenvalue weighted by Crippen LogP contribution is 2.25. The second-order valence-corrected chi connectivity index (χ2v) is 9.79. The molecule has 0 aliphatic carbocycles. The smallest absolute Gasteiger partial charge is 0.225 e. The molecule has 0 fully saturated rings. The molecule has 0 saturated carbocycles. The highest BCUT2D eigenvalue weighted by Gasteiger charge is 2.31. The van der Waals surface area contributed by atoms with Gasteiger partial charge in [0, 0.05) is 23.5 Å². The second-order valence-electron chi connectivity index (χ2n) is 6.88. The van der Waals surface area contributed by atoms with E-state index in [1.165, 1.54) is 0 Å². The number of sulfone groups is 1. The molecule has 1 rings (SSSR count). The first-order valence-electron chi connectivity index (χ1n) is 7.75. The molecule has 0 aliphatic rings. The van der Waals surface area contributed by atoms with Crippen LogP contribution in [0, 0.1) is 11.3 Å². The number of carbonyl (C=O) groups is 1. The van der Waals surface area contributed by atoms with Crippen LogP contribution in [0.2, 0.25) is 0 Å². The lowest BCUT2D eigenvalue weighted by Crippen LogP contribution is -2.43. The fraction of sp³-hybridized carbons (Fsp3) is 0.588. The van der Waals surface area contributed by atoms with Crippen LogP contribution in [0.25, 0.3) is 0 Å². The van der Waals surface area contributed by atoms with Crippen molar-refractivity contribution in [1.29, 1.82) is 0 Å². The van der Waals surface area contributed by atoms with Crippen molar-refractivity contribution in [3.8, 4) is 0 Å². The van der Waals surface area contributed by atoms with Gasteiger partial charge < -0.3 is 4.90 Å². The zero-order chi connectivity index (χ0) is 17.8. The number of halogens is 1. The Morgan fingerprint density at radius 3 is 2.17 bits per heavy atom. The first-order valence-corrected chi connectivity index (χ1v) is 10.2. The molecule has 0 N–H and O–H groups in total. The van der Waals surface area contributed by atoms with E-state index in [-0.39, 0.29) is 17.6 Å². The Labute approximate surface area is 148 Å². The van der Waals surface area contributed by atoms with Crippen LogP contribution >= 0.6 is 15.9 Å². The molecule has 0 radical (unpaired) electrons. The molecule has 0 saturated heterocycles. The second kappa shape index (κ2) is 7.79. The number of amides is 1. The number of nitrogens with zero attached hydrogens (tertiary/aromatic N) is 1. The van der Waals surface area contributed by atoms with Gasteiger partial charge in [0.05, 0.1) is 10.6 Å². The largest absolute Gasteiger partial charge is 0.342 e. The van der Waals surface area contributed by atoms with Crippen LogP contribution in [-0.4, -0.2) is 38.1 Å². The van der Waals surface area contributed by atoms with Gasteiger partial charge in [0.2, 0.25) is 5.91 Å². The molecule has 0 aromatic heterocycles. The number of rotatable bonds is 7. The summed E-state index contributed by atoms with van der Waals surface area (Å²) in [6.45, 7) is 10.4. The standard InChI is InChI=1S/C17H26BrNO3S/c1-6-19(16(20)13(2)3)11-17(4,5)12-23(21,22)15-9-7-14(18)8-10-15/h7-10,13H,6,11-12H2,1-5H3. The Morgan fingerprint density at radius 1 is 1.22 bits per heavy atom. The molecule has 1 aromatic carbocycles. The van der Waals surface area contributed by atoms with E-state index in [0.717, 1.165) is 4.47 Å². The molecule has 6 heteroatoms. The summed E-state index contributed by atoms with van der Waals surface area (Å²) in [5.74, 6) is -0.0285. The van der Waals surface area contributed by atoms with E-state index in [0.29, 0.717) is 18.0 Å². The monoisotopic (exact) mass is 403 g/mol. The Bertz CT molecular complexity index is 636. The molecule has 0 bridgehead atoms. The minimum Gasteiger partial charge on any atom is -0.342 e. The molecule has 130 valence electrons. The topological polar surface area (TPSA) is 54.5 Å². The van der Waals surface area contributed by atoms with Gasteiger partial charge >= 0.3 is 0 Å². The first kappa shape index (κ1) is 20.2.